The minimum absolute atomic E-state index is 0.0488. The van der Waals surface area contributed by atoms with E-state index in [1.807, 2.05) is 0 Å². The Morgan fingerprint density at radius 1 is 1.00 bits per heavy atom. The lowest BCUT2D eigenvalue weighted by Gasteiger charge is -2.32. The Hall–Kier alpha value is -2.12. The maximum absolute atomic E-state index is 13.1. The van der Waals surface area contributed by atoms with Gasteiger partial charge in [0, 0.05) is 24.6 Å². The van der Waals surface area contributed by atoms with Crippen LogP contribution in [0.4, 0.5) is 4.39 Å². The van der Waals surface area contributed by atoms with E-state index in [9.17, 15) is 23.9 Å². The third kappa shape index (κ3) is 4.88. The normalized spacial score (nSPS) is 26.2. The number of amides is 2. The lowest BCUT2D eigenvalue weighted by Crippen LogP contribution is -2.42. The van der Waals surface area contributed by atoms with Gasteiger partial charge in [0.2, 0.25) is 11.8 Å². The fraction of sp³-hybridized carbons (Fsp3) is 0.625. The molecule has 1 aromatic carbocycles. The van der Waals surface area contributed by atoms with Gasteiger partial charge >= 0.3 is 0 Å². The first-order chi connectivity index (χ1) is 14.9. The number of aliphatic hydroxyl groups excluding tert-OH is 1. The lowest BCUT2D eigenvalue weighted by molar-refractivity contribution is -0.140. The number of carbonyl (C=O) groups is 3. The van der Waals surface area contributed by atoms with Gasteiger partial charge in [-0.2, -0.15) is 0 Å². The number of likely N-dealkylation sites (tertiary alicyclic amines) is 2. The van der Waals surface area contributed by atoms with E-state index in [0.717, 1.165) is 25.7 Å². The van der Waals surface area contributed by atoms with Gasteiger partial charge < -0.3 is 10.0 Å². The highest BCUT2D eigenvalue weighted by Crippen LogP contribution is 2.38. The van der Waals surface area contributed by atoms with Crippen molar-refractivity contribution in [1.29, 1.82) is 0 Å². The van der Waals surface area contributed by atoms with Gasteiger partial charge in [0.15, 0.2) is 5.78 Å². The van der Waals surface area contributed by atoms with Crippen molar-refractivity contribution in [3.63, 3.8) is 0 Å². The van der Waals surface area contributed by atoms with E-state index in [1.165, 1.54) is 29.2 Å². The predicted molar refractivity (Wildman–Crippen MR) is 113 cm³/mol. The van der Waals surface area contributed by atoms with E-state index < -0.39 is 6.10 Å². The third-order valence-electron chi connectivity index (χ3n) is 7.17. The molecule has 6 nitrogen and oxygen atoms in total. The molecule has 3 aliphatic rings. The molecular formula is C24H31FN2O4. The van der Waals surface area contributed by atoms with Gasteiger partial charge in [-0.15, -0.1) is 0 Å². The molecule has 2 aliphatic heterocycles. The molecule has 2 heterocycles. The Balaban J connectivity index is 1.21. The van der Waals surface area contributed by atoms with E-state index in [1.54, 1.807) is 0 Å². The van der Waals surface area contributed by atoms with Crippen molar-refractivity contribution < 1.29 is 23.9 Å². The van der Waals surface area contributed by atoms with E-state index in [0.29, 0.717) is 44.5 Å². The predicted octanol–water partition coefficient (Wildman–Crippen LogP) is 2.65. The summed E-state index contributed by atoms with van der Waals surface area (Å²) in [5, 5.41) is 10.5. The Morgan fingerprint density at radius 2 is 1.58 bits per heavy atom. The summed E-state index contributed by atoms with van der Waals surface area (Å²) < 4.78 is 13.1. The summed E-state index contributed by atoms with van der Waals surface area (Å²) in [4.78, 5) is 41.2. The van der Waals surface area contributed by atoms with Crippen LogP contribution in [0.2, 0.25) is 0 Å². The Bertz CT molecular complexity index is 795. The topological polar surface area (TPSA) is 77.9 Å². The minimum atomic E-state index is -0.618. The number of benzene rings is 1. The zero-order valence-electron chi connectivity index (χ0n) is 17.8. The van der Waals surface area contributed by atoms with Gasteiger partial charge in [-0.05, 0) is 69.5 Å². The van der Waals surface area contributed by atoms with Gasteiger partial charge in [0.25, 0.3) is 0 Å². The largest absolute Gasteiger partial charge is 0.392 e. The van der Waals surface area contributed by atoms with E-state index >= 15 is 0 Å². The number of nitrogens with zero attached hydrogens (tertiary/aromatic N) is 2. The average molecular weight is 431 g/mol. The van der Waals surface area contributed by atoms with Crippen molar-refractivity contribution in [2.75, 3.05) is 26.2 Å². The second-order valence-electron chi connectivity index (χ2n) is 9.21. The van der Waals surface area contributed by atoms with Gasteiger partial charge in [0.1, 0.15) is 5.82 Å². The Kier molecular flexibility index (Phi) is 6.82. The fourth-order valence-corrected chi connectivity index (χ4v) is 5.35. The first kappa shape index (κ1) is 22.1. The van der Waals surface area contributed by atoms with Crippen LogP contribution in [0.3, 0.4) is 0 Å². The molecule has 1 aliphatic carbocycles. The molecule has 3 fully saturated rings. The second-order valence-corrected chi connectivity index (χ2v) is 9.21. The number of hydrogen-bond acceptors (Lipinski definition) is 5. The number of imide groups is 1. The number of β-amino-alcohol motifs (C(OH)–C–C–N with tert-alkyl or cyclic N) is 1. The van der Waals surface area contributed by atoms with Crippen LogP contribution < -0.4 is 0 Å². The first-order valence-electron chi connectivity index (χ1n) is 11.5. The zero-order chi connectivity index (χ0) is 22.0. The van der Waals surface area contributed by atoms with Gasteiger partial charge in [-0.1, -0.05) is 12.8 Å². The van der Waals surface area contributed by atoms with Crippen molar-refractivity contribution in [3.8, 4) is 0 Å². The van der Waals surface area contributed by atoms with E-state index in [4.69, 9.17) is 0 Å². The number of hydrogen-bond donors (Lipinski definition) is 1. The molecular weight excluding hydrogens is 399 g/mol. The van der Waals surface area contributed by atoms with Crippen LogP contribution in [-0.4, -0.2) is 64.8 Å². The Labute approximate surface area is 182 Å². The van der Waals surface area contributed by atoms with E-state index in [-0.39, 0.29) is 47.7 Å². The molecule has 7 heteroatoms. The average Bonchev–Trinajstić information content (AvgIpc) is 3.03. The SMILES string of the molecule is O=C(c1ccc(F)cc1)C1CCN(CC(O)CCN2C(=O)C3CCCCC3C2=O)CC1. The van der Waals surface area contributed by atoms with Crippen LogP contribution in [0.15, 0.2) is 24.3 Å². The number of piperidine rings is 1. The number of Topliss-reactive ketones (excluding diaryl/α,β-unsaturated/α-hetero) is 1. The van der Waals surface area contributed by atoms with Crippen LogP contribution in [-0.2, 0) is 9.59 Å². The number of carbonyl (C=O) groups excluding carboxylic acids is 3. The maximum Gasteiger partial charge on any atom is 0.233 e. The summed E-state index contributed by atoms with van der Waals surface area (Å²) in [7, 11) is 0. The van der Waals surface area contributed by atoms with Crippen LogP contribution in [0.5, 0.6) is 0 Å². The standard InChI is InChI=1S/C24H31FN2O4/c25-18-7-5-16(6-8-18)22(29)17-9-12-26(13-10-17)15-19(28)11-14-27-23(30)20-3-1-2-4-21(20)24(27)31/h5-8,17,19-21,28H,1-4,9-15H2. The number of rotatable bonds is 7. The monoisotopic (exact) mass is 430 g/mol. The minimum Gasteiger partial charge on any atom is -0.392 e. The molecule has 2 saturated heterocycles. The smallest absolute Gasteiger partial charge is 0.233 e. The second kappa shape index (κ2) is 9.57. The summed E-state index contributed by atoms with van der Waals surface area (Å²) in [6.07, 6.45) is 4.80. The highest BCUT2D eigenvalue weighted by molar-refractivity contribution is 6.05. The molecule has 0 aromatic heterocycles. The summed E-state index contributed by atoms with van der Waals surface area (Å²) >= 11 is 0. The maximum atomic E-state index is 13.1. The number of halogens is 1. The summed E-state index contributed by atoms with van der Waals surface area (Å²) in [5.74, 6) is -0.776. The van der Waals surface area contributed by atoms with Crippen LogP contribution in [0.25, 0.3) is 0 Å². The third-order valence-corrected chi connectivity index (χ3v) is 7.17. The molecule has 4 rings (SSSR count). The molecule has 1 saturated carbocycles. The molecule has 0 radical (unpaired) electrons. The molecule has 3 unspecified atom stereocenters. The highest BCUT2D eigenvalue weighted by Gasteiger charge is 2.47. The number of ketones is 1. The highest BCUT2D eigenvalue weighted by atomic mass is 19.1. The first-order valence-corrected chi connectivity index (χ1v) is 11.5. The zero-order valence-corrected chi connectivity index (χ0v) is 17.8. The summed E-state index contributed by atoms with van der Waals surface area (Å²) in [5.41, 5.74) is 0.542. The van der Waals surface area contributed by atoms with Crippen molar-refractivity contribution in [3.05, 3.63) is 35.6 Å². The van der Waals surface area contributed by atoms with Crippen molar-refractivity contribution in [2.24, 2.45) is 17.8 Å². The molecule has 1 N–H and O–H groups in total. The quantitative estimate of drug-likeness (QED) is 0.532. The Morgan fingerprint density at radius 3 is 2.16 bits per heavy atom. The lowest BCUT2D eigenvalue weighted by atomic mass is 9.81. The molecule has 0 bridgehead atoms. The molecule has 2 amide bonds. The number of aliphatic hydroxyl groups is 1. The molecule has 168 valence electrons. The number of fused-ring (bicyclic) bond motifs is 1. The molecule has 3 atom stereocenters. The summed E-state index contributed by atoms with van der Waals surface area (Å²) in [6.45, 7) is 2.17. The van der Waals surface area contributed by atoms with Crippen LogP contribution in [0, 0.1) is 23.6 Å². The van der Waals surface area contributed by atoms with Crippen molar-refractivity contribution in [1.82, 2.24) is 9.80 Å². The van der Waals surface area contributed by atoms with Crippen molar-refractivity contribution >= 4 is 17.6 Å². The van der Waals surface area contributed by atoms with Crippen LogP contribution in [0.1, 0.15) is 55.3 Å². The fourth-order valence-electron chi connectivity index (χ4n) is 5.35. The van der Waals surface area contributed by atoms with Gasteiger partial charge in [-0.25, -0.2) is 4.39 Å². The van der Waals surface area contributed by atoms with E-state index in [2.05, 4.69) is 4.90 Å². The molecule has 31 heavy (non-hydrogen) atoms. The van der Waals surface area contributed by atoms with Crippen LogP contribution >= 0.6 is 0 Å². The molecule has 1 aromatic rings. The van der Waals surface area contributed by atoms with Crippen molar-refractivity contribution in [2.45, 2.75) is 51.0 Å². The van der Waals surface area contributed by atoms with Gasteiger partial charge in [-0.3, -0.25) is 19.3 Å². The van der Waals surface area contributed by atoms with Gasteiger partial charge in [0.05, 0.1) is 17.9 Å². The molecule has 0 spiro atoms. The summed E-state index contributed by atoms with van der Waals surface area (Å²) in [6, 6.07) is 5.68.